The van der Waals surface area contributed by atoms with Crippen LogP contribution in [0.4, 0.5) is 0 Å². The maximum Gasteiger partial charge on any atom is 0.264 e. The zero-order chi connectivity index (χ0) is 16.9. The Bertz CT molecular complexity index is 909. The summed E-state index contributed by atoms with van der Waals surface area (Å²) in [4.78, 5) is 11.9. The molecule has 0 aliphatic rings. The zero-order valence-electron chi connectivity index (χ0n) is 12.4. The highest BCUT2D eigenvalue weighted by Crippen LogP contribution is 2.13. The molecule has 0 spiro atoms. The average Bonchev–Trinajstić information content (AvgIpc) is 2.53. The van der Waals surface area contributed by atoms with Gasteiger partial charge in [0.15, 0.2) is 0 Å². The standard InChI is InChI=1S/C17H14N2O3S/c1-13-5-2-3-8-16(13)23(21,22)19-17(20)10-9-14-6-4-7-15(11-14)12-18/h2-11H,1H3,(H,19,20)/b10-9+. The van der Waals surface area contributed by atoms with Crippen molar-refractivity contribution in [1.82, 2.24) is 4.72 Å². The van der Waals surface area contributed by atoms with Gasteiger partial charge in [-0.05, 0) is 42.3 Å². The first kappa shape index (κ1) is 16.5. The average molecular weight is 326 g/mol. The summed E-state index contributed by atoms with van der Waals surface area (Å²) in [5, 5.41) is 8.81. The summed E-state index contributed by atoms with van der Waals surface area (Å²) in [5.74, 6) is -0.754. The third kappa shape index (κ3) is 4.28. The van der Waals surface area contributed by atoms with Gasteiger partial charge in [0.05, 0.1) is 16.5 Å². The van der Waals surface area contributed by atoms with Crippen molar-refractivity contribution < 1.29 is 13.2 Å². The number of amides is 1. The molecular weight excluding hydrogens is 312 g/mol. The van der Waals surface area contributed by atoms with E-state index < -0.39 is 15.9 Å². The fraction of sp³-hybridized carbons (Fsp3) is 0.0588. The molecule has 0 fully saturated rings. The first-order chi connectivity index (χ1) is 10.9. The molecule has 5 nitrogen and oxygen atoms in total. The van der Waals surface area contributed by atoms with Gasteiger partial charge in [0.25, 0.3) is 15.9 Å². The fourth-order valence-corrected chi connectivity index (χ4v) is 3.16. The Morgan fingerprint density at radius 2 is 1.91 bits per heavy atom. The van der Waals surface area contributed by atoms with E-state index in [4.69, 9.17) is 5.26 Å². The van der Waals surface area contributed by atoms with Crippen LogP contribution >= 0.6 is 0 Å². The topological polar surface area (TPSA) is 87.0 Å². The highest BCUT2D eigenvalue weighted by molar-refractivity contribution is 7.90. The van der Waals surface area contributed by atoms with E-state index in [0.717, 1.165) is 6.08 Å². The van der Waals surface area contributed by atoms with Crippen molar-refractivity contribution in [2.24, 2.45) is 0 Å². The molecule has 2 aromatic carbocycles. The Kier molecular flexibility index (Phi) is 4.94. The van der Waals surface area contributed by atoms with Gasteiger partial charge in [-0.1, -0.05) is 30.3 Å². The van der Waals surface area contributed by atoms with Crippen molar-refractivity contribution in [2.75, 3.05) is 0 Å². The molecule has 0 bridgehead atoms. The number of hydrogen-bond acceptors (Lipinski definition) is 4. The van der Waals surface area contributed by atoms with Crippen LogP contribution in [0.2, 0.25) is 0 Å². The Morgan fingerprint density at radius 1 is 1.17 bits per heavy atom. The molecule has 1 N–H and O–H groups in total. The number of hydrogen-bond donors (Lipinski definition) is 1. The van der Waals surface area contributed by atoms with Gasteiger partial charge in [0, 0.05) is 6.08 Å². The minimum Gasteiger partial charge on any atom is -0.269 e. The zero-order valence-corrected chi connectivity index (χ0v) is 13.2. The fourth-order valence-electron chi connectivity index (χ4n) is 1.96. The normalized spacial score (nSPS) is 11.1. The summed E-state index contributed by atoms with van der Waals surface area (Å²) in [5.41, 5.74) is 1.64. The number of carbonyl (C=O) groups is 1. The minimum atomic E-state index is -3.91. The molecule has 0 aromatic heterocycles. The number of nitrogens with zero attached hydrogens (tertiary/aromatic N) is 1. The third-order valence-electron chi connectivity index (χ3n) is 3.06. The van der Waals surface area contributed by atoms with Crippen LogP contribution in [0.25, 0.3) is 6.08 Å². The Balaban J connectivity index is 2.14. The van der Waals surface area contributed by atoms with Crippen LogP contribution < -0.4 is 4.72 Å². The predicted molar refractivity (Wildman–Crippen MR) is 86.7 cm³/mol. The van der Waals surface area contributed by atoms with Gasteiger partial charge in [-0.15, -0.1) is 0 Å². The maximum atomic E-state index is 12.2. The summed E-state index contributed by atoms with van der Waals surface area (Å²) in [6, 6.07) is 15.0. The Labute approximate surface area is 134 Å². The van der Waals surface area contributed by atoms with Crippen molar-refractivity contribution in [3.8, 4) is 6.07 Å². The third-order valence-corrected chi connectivity index (χ3v) is 4.57. The van der Waals surface area contributed by atoms with E-state index in [-0.39, 0.29) is 4.90 Å². The van der Waals surface area contributed by atoms with E-state index in [0.29, 0.717) is 16.7 Å². The molecule has 0 atom stereocenters. The lowest BCUT2D eigenvalue weighted by atomic mass is 10.1. The summed E-state index contributed by atoms with van der Waals surface area (Å²) >= 11 is 0. The summed E-state index contributed by atoms with van der Waals surface area (Å²) in [7, 11) is -3.91. The number of nitrogens with one attached hydrogen (secondary N) is 1. The monoisotopic (exact) mass is 326 g/mol. The van der Waals surface area contributed by atoms with Gasteiger partial charge >= 0.3 is 0 Å². The SMILES string of the molecule is Cc1ccccc1S(=O)(=O)NC(=O)/C=C/c1cccc(C#N)c1. The molecule has 116 valence electrons. The lowest BCUT2D eigenvalue weighted by Gasteiger charge is -2.07. The molecule has 0 heterocycles. The van der Waals surface area contributed by atoms with Crippen LogP contribution in [-0.4, -0.2) is 14.3 Å². The highest BCUT2D eigenvalue weighted by atomic mass is 32.2. The molecule has 0 radical (unpaired) electrons. The molecule has 23 heavy (non-hydrogen) atoms. The van der Waals surface area contributed by atoms with Crippen LogP contribution in [0.1, 0.15) is 16.7 Å². The second-order valence-electron chi connectivity index (χ2n) is 4.81. The van der Waals surface area contributed by atoms with Crippen molar-refractivity contribution in [3.63, 3.8) is 0 Å². The number of carbonyl (C=O) groups excluding carboxylic acids is 1. The summed E-state index contributed by atoms with van der Waals surface area (Å²) in [6.45, 7) is 1.66. The summed E-state index contributed by atoms with van der Waals surface area (Å²) in [6.07, 6.45) is 2.57. The summed E-state index contributed by atoms with van der Waals surface area (Å²) < 4.78 is 26.3. The number of nitriles is 1. The van der Waals surface area contributed by atoms with E-state index in [1.54, 1.807) is 49.4 Å². The molecular formula is C17H14N2O3S. The van der Waals surface area contributed by atoms with E-state index in [9.17, 15) is 13.2 Å². The number of sulfonamides is 1. The van der Waals surface area contributed by atoms with E-state index in [2.05, 4.69) is 0 Å². The van der Waals surface area contributed by atoms with Gasteiger partial charge in [-0.3, -0.25) is 4.79 Å². The van der Waals surface area contributed by atoms with Crippen LogP contribution in [-0.2, 0) is 14.8 Å². The largest absolute Gasteiger partial charge is 0.269 e. The number of aryl methyl sites for hydroxylation is 1. The van der Waals surface area contributed by atoms with Crippen molar-refractivity contribution in [3.05, 3.63) is 71.3 Å². The molecule has 6 heteroatoms. The van der Waals surface area contributed by atoms with Crippen molar-refractivity contribution in [2.45, 2.75) is 11.8 Å². The van der Waals surface area contributed by atoms with Gasteiger partial charge in [-0.25, -0.2) is 13.1 Å². The highest BCUT2D eigenvalue weighted by Gasteiger charge is 2.17. The smallest absolute Gasteiger partial charge is 0.264 e. The maximum absolute atomic E-state index is 12.2. The number of rotatable bonds is 4. The van der Waals surface area contributed by atoms with E-state index in [1.165, 1.54) is 12.1 Å². The first-order valence-corrected chi connectivity index (χ1v) is 8.21. The molecule has 0 saturated heterocycles. The predicted octanol–water partition coefficient (Wildman–Crippen LogP) is 2.39. The molecule has 1 amide bonds. The lowest BCUT2D eigenvalue weighted by Crippen LogP contribution is -2.29. The second kappa shape index (κ2) is 6.90. The molecule has 0 unspecified atom stereocenters. The van der Waals surface area contributed by atoms with Crippen LogP contribution in [0.15, 0.2) is 59.5 Å². The van der Waals surface area contributed by atoms with Gasteiger partial charge in [0.2, 0.25) is 0 Å². The van der Waals surface area contributed by atoms with E-state index >= 15 is 0 Å². The second-order valence-corrected chi connectivity index (χ2v) is 6.46. The molecule has 2 rings (SSSR count). The van der Waals surface area contributed by atoms with Crippen molar-refractivity contribution >= 4 is 22.0 Å². The van der Waals surface area contributed by atoms with Crippen LogP contribution in [0.5, 0.6) is 0 Å². The molecule has 2 aromatic rings. The molecule has 0 aliphatic carbocycles. The van der Waals surface area contributed by atoms with Crippen LogP contribution in [0.3, 0.4) is 0 Å². The lowest BCUT2D eigenvalue weighted by molar-refractivity contribution is -0.114. The quantitative estimate of drug-likeness (QED) is 0.874. The van der Waals surface area contributed by atoms with Crippen molar-refractivity contribution in [1.29, 1.82) is 5.26 Å². The Morgan fingerprint density at radius 3 is 2.61 bits per heavy atom. The number of benzene rings is 2. The Hall–Kier alpha value is -2.91. The molecule has 0 aliphatic heterocycles. The minimum absolute atomic E-state index is 0.0632. The van der Waals surface area contributed by atoms with E-state index in [1.807, 2.05) is 10.8 Å². The van der Waals surface area contributed by atoms with Gasteiger partial charge < -0.3 is 0 Å². The van der Waals surface area contributed by atoms with Gasteiger partial charge in [0.1, 0.15) is 0 Å². The first-order valence-electron chi connectivity index (χ1n) is 6.73. The van der Waals surface area contributed by atoms with Crippen LogP contribution in [0, 0.1) is 18.3 Å². The molecule has 0 saturated carbocycles. The van der Waals surface area contributed by atoms with Gasteiger partial charge in [-0.2, -0.15) is 5.26 Å².